The van der Waals surface area contributed by atoms with Gasteiger partial charge in [0.05, 0.1) is 29.4 Å². The van der Waals surface area contributed by atoms with Crippen molar-refractivity contribution in [1.29, 1.82) is 0 Å². The third-order valence-electron chi connectivity index (χ3n) is 7.72. The lowest BCUT2D eigenvalue weighted by Crippen LogP contribution is -2.34. The lowest BCUT2D eigenvalue weighted by atomic mass is 9.97. The van der Waals surface area contributed by atoms with Gasteiger partial charge in [-0.3, -0.25) is 15.0 Å². The van der Waals surface area contributed by atoms with E-state index in [1.807, 2.05) is 41.0 Å². The zero-order chi connectivity index (χ0) is 30.7. The summed E-state index contributed by atoms with van der Waals surface area (Å²) in [6, 6.07) is 16.4. The third-order valence-corrected chi connectivity index (χ3v) is 8.52. The van der Waals surface area contributed by atoms with Crippen molar-refractivity contribution >= 4 is 46.6 Å². The summed E-state index contributed by atoms with van der Waals surface area (Å²) in [5.74, 6) is -1.01. The second kappa shape index (κ2) is 13.3. The van der Waals surface area contributed by atoms with Crippen molar-refractivity contribution < 1.29 is 19.1 Å². The van der Waals surface area contributed by atoms with Crippen LogP contribution in [-0.4, -0.2) is 51.8 Å². The van der Waals surface area contributed by atoms with Crippen molar-refractivity contribution in [1.82, 2.24) is 14.5 Å². The van der Waals surface area contributed by atoms with Crippen LogP contribution in [0.5, 0.6) is 5.75 Å². The molecule has 4 aromatic rings. The second-order valence-electron chi connectivity index (χ2n) is 10.7. The van der Waals surface area contributed by atoms with E-state index in [-0.39, 0.29) is 36.1 Å². The quantitative estimate of drug-likeness (QED) is 0.132. The van der Waals surface area contributed by atoms with Gasteiger partial charge in [0.25, 0.3) is 0 Å². The Labute approximate surface area is 269 Å². The number of nitro benzene ring substituents is 1. The lowest BCUT2D eigenvalue weighted by molar-refractivity contribution is -0.386. The number of ether oxygens (including phenoxy) is 3. The fourth-order valence-corrected chi connectivity index (χ4v) is 6.29. The molecule has 12 heteroatoms. The number of nitro groups is 1. The fourth-order valence-electron chi connectivity index (χ4n) is 5.62. The number of rotatable bonds is 10. The first-order chi connectivity index (χ1) is 21.3. The largest absolute Gasteiger partial charge is 0.484 e. The van der Waals surface area contributed by atoms with Gasteiger partial charge in [0.1, 0.15) is 12.7 Å². The lowest BCUT2D eigenvalue weighted by Gasteiger charge is -2.30. The van der Waals surface area contributed by atoms with Crippen LogP contribution in [0, 0.1) is 10.1 Å². The van der Waals surface area contributed by atoms with Crippen molar-refractivity contribution in [3.8, 4) is 5.75 Å². The minimum absolute atomic E-state index is 0.00296. The first kappa shape index (κ1) is 30.6. The van der Waals surface area contributed by atoms with E-state index >= 15 is 0 Å². The Balaban J connectivity index is 1.14. The zero-order valence-corrected chi connectivity index (χ0v) is 25.8. The molecule has 2 aliphatic heterocycles. The van der Waals surface area contributed by atoms with Gasteiger partial charge in [0.15, 0.2) is 5.75 Å². The summed E-state index contributed by atoms with van der Waals surface area (Å²) < 4.78 is 20.6. The molecule has 0 aliphatic carbocycles. The van der Waals surface area contributed by atoms with Crippen LogP contribution in [0.4, 0.5) is 5.69 Å². The highest BCUT2D eigenvalue weighted by atomic mass is 35.5. The van der Waals surface area contributed by atoms with E-state index in [4.69, 9.17) is 49.0 Å². The van der Waals surface area contributed by atoms with Gasteiger partial charge in [-0.15, -0.1) is 0 Å². The Morgan fingerprint density at radius 2 is 1.93 bits per heavy atom. The molecule has 0 bridgehead atoms. The molecule has 6 rings (SSSR count). The number of aromatic nitrogens is 2. The molecule has 2 atom stereocenters. The van der Waals surface area contributed by atoms with E-state index in [1.165, 1.54) is 0 Å². The molecular formula is C32H29Cl3N4O5. The van der Waals surface area contributed by atoms with Crippen LogP contribution in [0.25, 0.3) is 6.08 Å². The number of nitrogens with zero attached hydrogens (tertiary/aromatic N) is 4. The molecule has 3 heterocycles. The summed E-state index contributed by atoms with van der Waals surface area (Å²) in [5.41, 5.74) is 3.31. The predicted octanol–water partition coefficient (Wildman–Crippen LogP) is 7.17. The summed E-state index contributed by atoms with van der Waals surface area (Å²) in [4.78, 5) is 18.3. The fraction of sp³-hybridized carbons (Fsp3) is 0.281. The van der Waals surface area contributed by atoms with Crippen LogP contribution in [0.15, 0.2) is 79.4 Å². The Kier molecular flexibility index (Phi) is 9.23. The molecule has 0 unspecified atom stereocenters. The van der Waals surface area contributed by atoms with Gasteiger partial charge >= 0.3 is 5.69 Å². The predicted molar refractivity (Wildman–Crippen MR) is 169 cm³/mol. The number of halogens is 3. The third kappa shape index (κ3) is 6.78. The maximum atomic E-state index is 12.3. The van der Waals surface area contributed by atoms with Crippen LogP contribution < -0.4 is 4.74 Å². The van der Waals surface area contributed by atoms with E-state index in [9.17, 15) is 10.1 Å². The highest BCUT2D eigenvalue weighted by molar-refractivity contribution is 6.35. The molecule has 9 nitrogen and oxygen atoms in total. The van der Waals surface area contributed by atoms with Gasteiger partial charge < -0.3 is 18.8 Å². The van der Waals surface area contributed by atoms with Crippen LogP contribution in [-0.2, 0) is 34.8 Å². The van der Waals surface area contributed by atoms with Crippen molar-refractivity contribution in [2.24, 2.45) is 0 Å². The van der Waals surface area contributed by atoms with Crippen LogP contribution in [0.3, 0.4) is 0 Å². The molecule has 1 fully saturated rings. The van der Waals surface area contributed by atoms with E-state index in [0.29, 0.717) is 45.7 Å². The second-order valence-corrected chi connectivity index (χ2v) is 12.0. The highest BCUT2D eigenvalue weighted by Crippen LogP contribution is 2.41. The summed E-state index contributed by atoms with van der Waals surface area (Å²) in [7, 11) is 0. The maximum absolute atomic E-state index is 12.3. The van der Waals surface area contributed by atoms with E-state index < -0.39 is 11.9 Å². The monoisotopic (exact) mass is 654 g/mol. The van der Waals surface area contributed by atoms with Crippen molar-refractivity contribution in [3.05, 3.63) is 127 Å². The number of imidazole rings is 1. The Morgan fingerprint density at radius 3 is 2.68 bits per heavy atom. The first-order valence-corrected chi connectivity index (χ1v) is 15.2. The average molecular weight is 656 g/mol. The minimum Gasteiger partial charge on any atom is -0.484 e. The van der Waals surface area contributed by atoms with Crippen LogP contribution in [0.1, 0.15) is 22.3 Å². The van der Waals surface area contributed by atoms with Crippen molar-refractivity contribution in [2.75, 3.05) is 26.3 Å². The summed E-state index contributed by atoms with van der Waals surface area (Å²) in [6.07, 6.45) is 9.30. The maximum Gasteiger partial charge on any atom is 0.314 e. The Morgan fingerprint density at radius 1 is 1.11 bits per heavy atom. The smallest absolute Gasteiger partial charge is 0.314 e. The average Bonchev–Trinajstić information content (AvgIpc) is 3.67. The zero-order valence-electron chi connectivity index (χ0n) is 23.6. The van der Waals surface area contributed by atoms with Crippen molar-refractivity contribution in [3.63, 3.8) is 0 Å². The minimum atomic E-state index is -1.22. The molecule has 3 aromatic carbocycles. The molecular weight excluding hydrogens is 627 g/mol. The van der Waals surface area contributed by atoms with Gasteiger partial charge in [-0.25, -0.2) is 4.98 Å². The molecule has 44 heavy (non-hydrogen) atoms. The topological polar surface area (TPSA) is 91.9 Å². The Hall–Kier alpha value is -3.44. The number of hydrogen-bond acceptors (Lipinski definition) is 7. The first-order valence-electron chi connectivity index (χ1n) is 14.1. The molecule has 0 radical (unpaired) electrons. The Bertz CT molecular complexity index is 1670. The summed E-state index contributed by atoms with van der Waals surface area (Å²) in [5, 5.41) is 13.8. The summed E-state index contributed by atoms with van der Waals surface area (Å²) >= 11 is 18.7. The van der Waals surface area contributed by atoms with E-state index in [1.54, 1.807) is 43.0 Å². The van der Waals surface area contributed by atoms with Gasteiger partial charge in [-0.05, 0) is 47.9 Å². The van der Waals surface area contributed by atoms with Crippen LogP contribution >= 0.6 is 34.8 Å². The number of hydrogen-bond donors (Lipinski definition) is 0. The molecule has 0 saturated carbocycles. The van der Waals surface area contributed by atoms with E-state index in [0.717, 1.165) is 17.7 Å². The number of fused-ring (bicyclic) bond motifs is 1. The molecule has 228 valence electrons. The van der Waals surface area contributed by atoms with Crippen molar-refractivity contribution in [2.45, 2.75) is 31.4 Å². The van der Waals surface area contributed by atoms with Gasteiger partial charge in [0, 0.05) is 53.2 Å². The standard InChI is InChI=1S/C32H29Cl3N4O5/c33-24-6-3-22(4-7-24)2-1-13-37-14-11-27-23(17-37)5-10-30(31(27)39(40)41)42-18-26-19-43-32(44-26,20-38-15-12-36-21-38)28-9-8-25(34)16-29(28)35/h1-10,12,15-16,21,26H,11,13-14,17-20H2/b2-1+/t26-,32-/m1/s1. The molecule has 0 N–H and O–H groups in total. The summed E-state index contributed by atoms with van der Waals surface area (Å²) in [6.45, 7) is 2.57. The van der Waals surface area contributed by atoms with Gasteiger partial charge in [-0.2, -0.15) is 0 Å². The molecule has 1 aromatic heterocycles. The number of benzene rings is 3. The van der Waals surface area contributed by atoms with Gasteiger partial charge in [0.2, 0.25) is 5.79 Å². The molecule has 2 aliphatic rings. The molecule has 0 spiro atoms. The van der Waals surface area contributed by atoms with Crippen LogP contribution in [0.2, 0.25) is 15.1 Å². The van der Waals surface area contributed by atoms with E-state index in [2.05, 4.69) is 16.0 Å². The SMILES string of the molecule is O=[N+]([O-])c1c(OC[C@@H]2CO[C@@](Cn3ccnc3)(c3ccc(Cl)cc3Cl)O2)ccc2c1CCN(C/C=C/c1ccc(Cl)cc1)C2. The molecule has 1 saturated heterocycles. The highest BCUT2D eigenvalue weighted by Gasteiger charge is 2.45. The normalized spacial score (nSPS) is 20.2. The molecule has 0 amide bonds. The van der Waals surface area contributed by atoms with Gasteiger partial charge in [-0.1, -0.05) is 71.2 Å².